The van der Waals surface area contributed by atoms with E-state index in [4.69, 9.17) is 4.74 Å². The van der Waals surface area contributed by atoms with E-state index in [1.165, 1.54) is 12.0 Å². The van der Waals surface area contributed by atoms with Crippen molar-refractivity contribution >= 4 is 0 Å². The van der Waals surface area contributed by atoms with Gasteiger partial charge in [-0.05, 0) is 18.4 Å². The molecule has 1 aromatic carbocycles. The van der Waals surface area contributed by atoms with Crippen LogP contribution in [0.2, 0.25) is 0 Å². The summed E-state index contributed by atoms with van der Waals surface area (Å²) in [7, 11) is 0. The van der Waals surface area contributed by atoms with Crippen LogP contribution in [0.5, 0.6) is 0 Å². The van der Waals surface area contributed by atoms with Gasteiger partial charge >= 0.3 is 0 Å². The fourth-order valence-corrected chi connectivity index (χ4v) is 2.83. The number of rotatable bonds is 5. The third kappa shape index (κ3) is 3.26. The van der Waals surface area contributed by atoms with Crippen molar-refractivity contribution in [3.05, 3.63) is 54.1 Å². The molecule has 4 nitrogen and oxygen atoms in total. The Morgan fingerprint density at radius 3 is 3.00 bits per heavy atom. The summed E-state index contributed by atoms with van der Waals surface area (Å²) in [4.78, 5) is 7.34. The summed E-state index contributed by atoms with van der Waals surface area (Å²) in [6.07, 6.45) is 6.22. The standard InChI is InChI=1S/C16H21N3O/c1-2-5-13(6-3-1)16-14(7-4-10-20-16)11-17-12-15-18-8-9-19-15/h1-3,5-6,8-9,14,16-17H,4,7,10-12H2,(H,18,19). The van der Waals surface area contributed by atoms with Crippen LogP contribution in [-0.4, -0.2) is 23.1 Å². The molecule has 0 bridgehead atoms. The van der Waals surface area contributed by atoms with Crippen molar-refractivity contribution in [2.24, 2.45) is 5.92 Å². The fraction of sp³-hybridized carbons (Fsp3) is 0.438. The van der Waals surface area contributed by atoms with Gasteiger partial charge in [0.05, 0.1) is 12.6 Å². The van der Waals surface area contributed by atoms with Gasteiger partial charge in [0.15, 0.2) is 0 Å². The van der Waals surface area contributed by atoms with Crippen molar-refractivity contribution in [3.8, 4) is 0 Å². The Balaban J connectivity index is 1.58. The van der Waals surface area contributed by atoms with E-state index < -0.39 is 0 Å². The summed E-state index contributed by atoms with van der Waals surface area (Å²) >= 11 is 0. The van der Waals surface area contributed by atoms with E-state index in [9.17, 15) is 0 Å². The fourth-order valence-electron chi connectivity index (χ4n) is 2.83. The topological polar surface area (TPSA) is 49.9 Å². The van der Waals surface area contributed by atoms with E-state index in [0.717, 1.165) is 31.9 Å². The largest absolute Gasteiger partial charge is 0.373 e. The maximum atomic E-state index is 6.00. The Morgan fingerprint density at radius 2 is 2.20 bits per heavy atom. The molecule has 106 valence electrons. The quantitative estimate of drug-likeness (QED) is 0.879. The second kappa shape index (κ2) is 6.68. The number of imidazole rings is 1. The summed E-state index contributed by atoms with van der Waals surface area (Å²) in [6.45, 7) is 2.61. The number of hydrogen-bond acceptors (Lipinski definition) is 3. The highest BCUT2D eigenvalue weighted by Crippen LogP contribution is 2.33. The summed E-state index contributed by atoms with van der Waals surface area (Å²) in [5.74, 6) is 1.51. The monoisotopic (exact) mass is 271 g/mol. The Morgan fingerprint density at radius 1 is 1.30 bits per heavy atom. The number of aromatic nitrogens is 2. The molecule has 2 aromatic rings. The summed E-state index contributed by atoms with van der Waals surface area (Å²) in [5, 5.41) is 3.48. The first-order valence-electron chi connectivity index (χ1n) is 7.29. The molecular formula is C16H21N3O. The first-order valence-corrected chi connectivity index (χ1v) is 7.29. The van der Waals surface area contributed by atoms with Gasteiger partial charge in [0.1, 0.15) is 5.82 Å². The lowest BCUT2D eigenvalue weighted by Crippen LogP contribution is -2.31. The van der Waals surface area contributed by atoms with Gasteiger partial charge in [-0.3, -0.25) is 0 Å². The maximum absolute atomic E-state index is 6.00. The van der Waals surface area contributed by atoms with E-state index in [0.29, 0.717) is 5.92 Å². The minimum absolute atomic E-state index is 0.217. The third-order valence-electron chi connectivity index (χ3n) is 3.83. The minimum atomic E-state index is 0.217. The molecule has 1 aliphatic rings. The van der Waals surface area contributed by atoms with Gasteiger partial charge in [-0.15, -0.1) is 0 Å². The van der Waals surface area contributed by atoms with Gasteiger partial charge in [-0.25, -0.2) is 4.98 Å². The number of aromatic amines is 1. The summed E-state index contributed by atoms with van der Waals surface area (Å²) in [6, 6.07) is 10.5. The summed E-state index contributed by atoms with van der Waals surface area (Å²) < 4.78 is 6.00. The average molecular weight is 271 g/mol. The van der Waals surface area contributed by atoms with Crippen LogP contribution in [0.3, 0.4) is 0 Å². The van der Waals surface area contributed by atoms with Gasteiger partial charge in [-0.2, -0.15) is 0 Å². The average Bonchev–Trinajstić information content (AvgIpc) is 3.02. The van der Waals surface area contributed by atoms with E-state index >= 15 is 0 Å². The SMILES string of the molecule is c1ccc(C2OCCCC2CNCc2ncc[nH]2)cc1. The van der Waals surface area contributed by atoms with Crippen LogP contribution in [-0.2, 0) is 11.3 Å². The lowest BCUT2D eigenvalue weighted by atomic mass is 9.89. The predicted molar refractivity (Wildman–Crippen MR) is 78.2 cm³/mol. The van der Waals surface area contributed by atoms with E-state index in [2.05, 4.69) is 45.6 Å². The lowest BCUT2D eigenvalue weighted by Gasteiger charge is -2.32. The second-order valence-corrected chi connectivity index (χ2v) is 5.27. The Hall–Kier alpha value is -1.65. The molecule has 4 heteroatoms. The molecule has 0 saturated carbocycles. The second-order valence-electron chi connectivity index (χ2n) is 5.27. The van der Waals surface area contributed by atoms with Gasteiger partial charge in [0, 0.05) is 31.5 Å². The number of ether oxygens (including phenoxy) is 1. The van der Waals surface area contributed by atoms with Crippen molar-refractivity contribution in [1.29, 1.82) is 0 Å². The van der Waals surface area contributed by atoms with Crippen molar-refractivity contribution in [3.63, 3.8) is 0 Å². The zero-order valence-corrected chi connectivity index (χ0v) is 11.6. The number of benzene rings is 1. The molecular weight excluding hydrogens is 250 g/mol. The molecule has 2 heterocycles. The minimum Gasteiger partial charge on any atom is -0.373 e. The van der Waals surface area contributed by atoms with Crippen molar-refractivity contribution in [2.45, 2.75) is 25.5 Å². The highest BCUT2D eigenvalue weighted by molar-refractivity contribution is 5.18. The van der Waals surface area contributed by atoms with Gasteiger partial charge in [-0.1, -0.05) is 30.3 Å². The van der Waals surface area contributed by atoms with E-state index in [-0.39, 0.29) is 6.10 Å². The zero-order chi connectivity index (χ0) is 13.6. The first kappa shape index (κ1) is 13.3. The Labute approximate surface area is 119 Å². The zero-order valence-electron chi connectivity index (χ0n) is 11.6. The molecule has 0 radical (unpaired) electrons. The highest BCUT2D eigenvalue weighted by Gasteiger charge is 2.26. The van der Waals surface area contributed by atoms with E-state index in [1.54, 1.807) is 6.20 Å². The van der Waals surface area contributed by atoms with Crippen LogP contribution >= 0.6 is 0 Å². The highest BCUT2D eigenvalue weighted by atomic mass is 16.5. The molecule has 1 aliphatic heterocycles. The predicted octanol–water partition coefficient (Wildman–Crippen LogP) is 2.67. The molecule has 20 heavy (non-hydrogen) atoms. The van der Waals surface area contributed by atoms with Gasteiger partial charge in [0.25, 0.3) is 0 Å². The van der Waals surface area contributed by atoms with Crippen LogP contribution in [0.15, 0.2) is 42.7 Å². The first-order chi connectivity index (χ1) is 9.93. The van der Waals surface area contributed by atoms with Gasteiger partial charge in [0.2, 0.25) is 0 Å². The van der Waals surface area contributed by atoms with E-state index in [1.807, 2.05) is 6.20 Å². The smallest absolute Gasteiger partial charge is 0.120 e. The number of nitrogens with zero attached hydrogens (tertiary/aromatic N) is 1. The molecule has 2 atom stereocenters. The number of H-pyrrole nitrogens is 1. The van der Waals surface area contributed by atoms with Crippen LogP contribution < -0.4 is 5.32 Å². The van der Waals surface area contributed by atoms with Crippen LogP contribution in [0, 0.1) is 5.92 Å². The normalized spacial score (nSPS) is 22.8. The third-order valence-corrected chi connectivity index (χ3v) is 3.83. The Bertz CT molecular complexity index is 498. The van der Waals surface area contributed by atoms with Crippen molar-refractivity contribution in [1.82, 2.24) is 15.3 Å². The Kier molecular flexibility index (Phi) is 4.46. The van der Waals surface area contributed by atoms with Crippen molar-refractivity contribution < 1.29 is 4.74 Å². The van der Waals surface area contributed by atoms with Crippen LogP contribution in [0.1, 0.15) is 30.3 Å². The van der Waals surface area contributed by atoms with Crippen molar-refractivity contribution in [2.75, 3.05) is 13.2 Å². The molecule has 3 rings (SSSR count). The molecule has 2 N–H and O–H groups in total. The van der Waals surface area contributed by atoms with Gasteiger partial charge < -0.3 is 15.0 Å². The lowest BCUT2D eigenvalue weighted by molar-refractivity contribution is -0.0279. The molecule has 2 unspecified atom stereocenters. The molecule has 0 amide bonds. The number of nitrogens with one attached hydrogen (secondary N) is 2. The van der Waals surface area contributed by atoms with Crippen LogP contribution in [0.25, 0.3) is 0 Å². The summed E-state index contributed by atoms with van der Waals surface area (Å²) in [5.41, 5.74) is 1.29. The molecule has 1 aromatic heterocycles. The molecule has 1 fully saturated rings. The molecule has 0 aliphatic carbocycles. The maximum Gasteiger partial charge on any atom is 0.120 e. The van der Waals surface area contributed by atoms with Crippen LogP contribution in [0.4, 0.5) is 0 Å². The number of hydrogen-bond donors (Lipinski definition) is 2. The molecule has 0 spiro atoms. The molecule has 1 saturated heterocycles.